The second-order valence-electron chi connectivity index (χ2n) is 6.89. The number of anilines is 1. The lowest BCUT2D eigenvalue weighted by atomic mass is 10.2. The third-order valence-electron chi connectivity index (χ3n) is 4.18. The zero-order chi connectivity index (χ0) is 22.2. The maximum absolute atomic E-state index is 12.3. The Morgan fingerprint density at radius 2 is 1.94 bits per heavy atom. The monoisotopic (exact) mass is 438 g/mol. The van der Waals surface area contributed by atoms with E-state index in [4.69, 9.17) is 14.2 Å². The molecule has 0 saturated carbocycles. The van der Waals surface area contributed by atoms with Crippen LogP contribution >= 0.6 is 11.3 Å². The minimum Gasteiger partial charge on any atom is -0.497 e. The molecular weight excluding hydrogens is 412 g/mol. The lowest BCUT2D eigenvalue weighted by Gasteiger charge is -2.15. The number of rotatable bonds is 9. The first-order valence-electron chi connectivity index (χ1n) is 10.0. The Morgan fingerprint density at radius 3 is 2.61 bits per heavy atom. The fourth-order valence-electron chi connectivity index (χ4n) is 2.79. The average Bonchev–Trinajstić information content (AvgIpc) is 3.22. The normalized spacial score (nSPS) is 11.0. The van der Waals surface area contributed by atoms with E-state index in [0.29, 0.717) is 23.2 Å². The summed E-state index contributed by atoms with van der Waals surface area (Å²) in [5, 5.41) is 5.25. The van der Waals surface area contributed by atoms with Gasteiger partial charge in [0.2, 0.25) is 5.91 Å². The quantitative estimate of drug-likeness (QED) is 0.437. The maximum Gasteiger partial charge on any atom is 0.250 e. The van der Waals surface area contributed by atoms with Gasteiger partial charge in [0, 0.05) is 17.0 Å². The molecule has 3 rings (SSSR count). The standard InChI is InChI=1S/C24H26N2O4S/c1-5-29-21-12-6-17(14-22(21)30-16(2)3)7-13-23(27)26-24-25-20(15-31-24)18-8-10-19(28-4)11-9-18/h6-16H,5H2,1-4H3,(H,25,26,27)/b13-7-. The number of hydrogen-bond donors (Lipinski definition) is 1. The van der Waals surface area contributed by atoms with Gasteiger partial charge in [-0.1, -0.05) is 6.07 Å². The summed E-state index contributed by atoms with van der Waals surface area (Å²) in [6, 6.07) is 13.2. The van der Waals surface area contributed by atoms with Crippen molar-refractivity contribution in [2.45, 2.75) is 26.9 Å². The highest BCUT2D eigenvalue weighted by molar-refractivity contribution is 7.14. The van der Waals surface area contributed by atoms with Gasteiger partial charge in [0.25, 0.3) is 0 Å². The number of benzene rings is 2. The van der Waals surface area contributed by atoms with Crippen molar-refractivity contribution >= 4 is 28.5 Å². The topological polar surface area (TPSA) is 69.7 Å². The molecular formula is C24H26N2O4S. The molecule has 0 radical (unpaired) electrons. The second-order valence-corrected chi connectivity index (χ2v) is 7.75. The van der Waals surface area contributed by atoms with E-state index in [9.17, 15) is 4.79 Å². The number of hydrogen-bond acceptors (Lipinski definition) is 6. The van der Waals surface area contributed by atoms with Crippen LogP contribution in [0.2, 0.25) is 0 Å². The molecule has 0 saturated heterocycles. The highest BCUT2D eigenvalue weighted by Gasteiger charge is 2.09. The molecule has 3 aromatic rings. The van der Waals surface area contributed by atoms with E-state index in [2.05, 4.69) is 10.3 Å². The molecule has 6 nitrogen and oxygen atoms in total. The van der Waals surface area contributed by atoms with Crippen molar-refractivity contribution in [3.05, 3.63) is 59.5 Å². The first-order chi connectivity index (χ1) is 15.0. The summed E-state index contributed by atoms with van der Waals surface area (Å²) in [6.07, 6.45) is 3.23. The molecule has 1 aromatic heterocycles. The number of carbonyl (C=O) groups is 1. The van der Waals surface area contributed by atoms with Gasteiger partial charge in [0.15, 0.2) is 16.6 Å². The molecule has 0 aliphatic carbocycles. The van der Waals surface area contributed by atoms with Crippen LogP contribution in [-0.4, -0.2) is 30.7 Å². The van der Waals surface area contributed by atoms with Gasteiger partial charge >= 0.3 is 0 Å². The largest absolute Gasteiger partial charge is 0.497 e. The van der Waals surface area contributed by atoms with Gasteiger partial charge in [-0.2, -0.15) is 0 Å². The number of aromatic nitrogens is 1. The van der Waals surface area contributed by atoms with Gasteiger partial charge in [-0.3, -0.25) is 10.1 Å². The molecule has 2 aromatic carbocycles. The van der Waals surface area contributed by atoms with Crippen LogP contribution in [-0.2, 0) is 4.79 Å². The lowest BCUT2D eigenvalue weighted by Crippen LogP contribution is -2.08. The van der Waals surface area contributed by atoms with E-state index in [-0.39, 0.29) is 12.0 Å². The van der Waals surface area contributed by atoms with Crippen molar-refractivity contribution in [1.82, 2.24) is 4.98 Å². The van der Waals surface area contributed by atoms with E-state index in [1.807, 2.05) is 68.6 Å². The smallest absolute Gasteiger partial charge is 0.250 e. The number of carbonyl (C=O) groups excluding carboxylic acids is 1. The molecule has 0 aliphatic rings. The fourth-order valence-corrected chi connectivity index (χ4v) is 3.52. The highest BCUT2D eigenvalue weighted by atomic mass is 32.1. The Morgan fingerprint density at radius 1 is 1.16 bits per heavy atom. The zero-order valence-electron chi connectivity index (χ0n) is 18.0. The molecule has 0 bridgehead atoms. The minimum absolute atomic E-state index is 0.0199. The van der Waals surface area contributed by atoms with E-state index < -0.39 is 0 Å². The SMILES string of the molecule is CCOc1ccc(/C=C\C(=O)Nc2nc(-c3ccc(OC)cc3)cs2)cc1OC(C)C. The summed E-state index contributed by atoms with van der Waals surface area (Å²) < 4.78 is 16.6. The third-order valence-corrected chi connectivity index (χ3v) is 4.94. The number of thiazole rings is 1. The van der Waals surface area contributed by atoms with E-state index in [0.717, 1.165) is 22.6 Å². The summed E-state index contributed by atoms with van der Waals surface area (Å²) in [5.74, 6) is 1.87. The Kier molecular flexibility index (Phi) is 7.67. The zero-order valence-corrected chi connectivity index (χ0v) is 18.9. The fraction of sp³-hybridized carbons (Fsp3) is 0.250. The van der Waals surface area contributed by atoms with E-state index in [1.165, 1.54) is 17.4 Å². The molecule has 162 valence electrons. The highest BCUT2D eigenvalue weighted by Crippen LogP contribution is 2.30. The third kappa shape index (κ3) is 6.33. The molecule has 0 spiro atoms. The Balaban J connectivity index is 1.66. The van der Waals surface area contributed by atoms with Crippen LogP contribution < -0.4 is 19.5 Å². The molecule has 0 unspecified atom stereocenters. The van der Waals surface area contributed by atoms with E-state index in [1.54, 1.807) is 13.2 Å². The number of amides is 1. The summed E-state index contributed by atoms with van der Waals surface area (Å²) in [7, 11) is 1.63. The van der Waals surface area contributed by atoms with Crippen molar-refractivity contribution in [3.8, 4) is 28.5 Å². The molecule has 0 aliphatic heterocycles. The van der Waals surface area contributed by atoms with Crippen LogP contribution in [0.4, 0.5) is 5.13 Å². The number of nitrogens with zero attached hydrogens (tertiary/aromatic N) is 1. The van der Waals surface area contributed by atoms with Crippen molar-refractivity contribution in [3.63, 3.8) is 0 Å². The summed E-state index contributed by atoms with van der Waals surface area (Å²) in [6.45, 7) is 6.40. The van der Waals surface area contributed by atoms with Crippen LogP contribution in [0.25, 0.3) is 17.3 Å². The molecule has 31 heavy (non-hydrogen) atoms. The molecule has 1 heterocycles. The first kappa shape index (κ1) is 22.4. The van der Waals surface area contributed by atoms with Crippen LogP contribution in [0.5, 0.6) is 17.2 Å². The van der Waals surface area contributed by atoms with Crippen LogP contribution in [0, 0.1) is 0 Å². The molecule has 1 amide bonds. The Hall–Kier alpha value is -3.32. The van der Waals surface area contributed by atoms with Gasteiger partial charge < -0.3 is 14.2 Å². The molecule has 7 heteroatoms. The van der Waals surface area contributed by atoms with Gasteiger partial charge in [-0.15, -0.1) is 11.3 Å². The number of nitrogens with one attached hydrogen (secondary N) is 1. The van der Waals surface area contributed by atoms with Crippen molar-refractivity contribution in [2.75, 3.05) is 19.0 Å². The molecule has 0 atom stereocenters. The molecule has 1 N–H and O–H groups in total. The van der Waals surface area contributed by atoms with Gasteiger partial charge in [0.05, 0.1) is 25.5 Å². The van der Waals surface area contributed by atoms with Crippen LogP contribution in [0.1, 0.15) is 26.3 Å². The van der Waals surface area contributed by atoms with Crippen molar-refractivity contribution in [2.24, 2.45) is 0 Å². The van der Waals surface area contributed by atoms with E-state index >= 15 is 0 Å². The predicted octanol–water partition coefficient (Wildman–Crippen LogP) is 5.66. The van der Waals surface area contributed by atoms with Gasteiger partial charge in [-0.05, 0) is 68.8 Å². The number of methoxy groups -OCH3 is 1. The van der Waals surface area contributed by atoms with Gasteiger partial charge in [-0.25, -0.2) is 4.98 Å². The van der Waals surface area contributed by atoms with Crippen LogP contribution in [0.15, 0.2) is 53.9 Å². The predicted molar refractivity (Wildman–Crippen MR) is 125 cm³/mol. The lowest BCUT2D eigenvalue weighted by molar-refractivity contribution is -0.111. The Bertz CT molecular complexity index is 1040. The summed E-state index contributed by atoms with van der Waals surface area (Å²) in [4.78, 5) is 16.8. The average molecular weight is 439 g/mol. The van der Waals surface area contributed by atoms with Crippen LogP contribution in [0.3, 0.4) is 0 Å². The summed E-state index contributed by atoms with van der Waals surface area (Å²) in [5.41, 5.74) is 2.60. The second kappa shape index (κ2) is 10.6. The van der Waals surface area contributed by atoms with Crippen molar-refractivity contribution in [1.29, 1.82) is 0 Å². The maximum atomic E-state index is 12.3. The molecule has 0 fully saturated rings. The Labute approximate surface area is 186 Å². The first-order valence-corrected chi connectivity index (χ1v) is 10.9. The van der Waals surface area contributed by atoms with Gasteiger partial charge in [0.1, 0.15) is 5.75 Å². The summed E-state index contributed by atoms with van der Waals surface area (Å²) >= 11 is 1.38. The minimum atomic E-state index is -0.254. The number of ether oxygens (including phenoxy) is 3. The van der Waals surface area contributed by atoms with Crippen molar-refractivity contribution < 1.29 is 19.0 Å².